The summed E-state index contributed by atoms with van der Waals surface area (Å²) < 4.78 is 0. The predicted octanol–water partition coefficient (Wildman–Crippen LogP) is 4.27. The second kappa shape index (κ2) is 4.17. The summed E-state index contributed by atoms with van der Waals surface area (Å²) in [5.74, 6) is 0.650. The number of nitrogens with zero attached hydrogens (tertiary/aromatic N) is 1. The third kappa shape index (κ3) is 1.75. The Morgan fingerprint density at radius 3 is 2.88 bits per heavy atom. The van der Waals surface area contributed by atoms with E-state index >= 15 is 0 Å². The molecule has 1 fully saturated rings. The van der Waals surface area contributed by atoms with Crippen LogP contribution >= 0.6 is 15.9 Å². The molecule has 1 aromatic carbocycles. The molecule has 1 nitrogen and oxygen atoms in total. The average molecular weight is 276 g/mol. The number of hydrogen-bond donors (Lipinski definition) is 0. The molecule has 1 aromatic heterocycles. The smallest absolute Gasteiger partial charge is 0.0702 e. The first-order valence-electron chi connectivity index (χ1n) is 5.83. The zero-order chi connectivity index (χ0) is 11.0. The van der Waals surface area contributed by atoms with E-state index in [9.17, 15) is 0 Å². The number of halogens is 1. The number of aromatic nitrogens is 1. The minimum Gasteiger partial charge on any atom is -0.256 e. The van der Waals surface area contributed by atoms with Gasteiger partial charge in [0.05, 0.1) is 5.52 Å². The third-order valence-corrected chi connectivity index (χ3v) is 4.57. The summed E-state index contributed by atoms with van der Waals surface area (Å²) >= 11 is 3.78. The summed E-state index contributed by atoms with van der Waals surface area (Å²) in [6.07, 6.45) is 5.95. The maximum Gasteiger partial charge on any atom is 0.0702 e. The van der Waals surface area contributed by atoms with Crippen LogP contribution in [0.15, 0.2) is 36.5 Å². The van der Waals surface area contributed by atoms with Crippen LogP contribution in [0.5, 0.6) is 0 Å². The van der Waals surface area contributed by atoms with Gasteiger partial charge in [0.15, 0.2) is 0 Å². The van der Waals surface area contributed by atoms with Gasteiger partial charge >= 0.3 is 0 Å². The van der Waals surface area contributed by atoms with Gasteiger partial charge in [0, 0.05) is 16.4 Å². The maximum atomic E-state index is 4.54. The van der Waals surface area contributed by atoms with Crippen molar-refractivity contribution >= 4 is 26.8 Å². The van der Waals surface area contributed by atoms with Crippen LogP contribution in [0.4, 0.5) is 0 Å². The second-order valence-electron chi connectivity index (χ2n) is 4.51. The molecule has 2 heteroatoms. The summed E-state index contributed by atoms with van der Waals surface area (Å²) in [6.45, 7) is 0. The Hall–Kier alpha value is -0.890. The van der Waals surface area contributed by atoms with Crippen molar-refractivity contribution in [2.24, 2.45) is 0 Å². The molecule has 0 aliphatic heterocycles. The topological polar surface area (TPSA) is 12.9 Å². The quantitative estimate of drug-likeness (QED) is 0.709. The Morgan fingerprint density at radius 1 is 1.19 bits per heavy atom. The third-order valence-electron chi connectivity index (χ3n) is 3.47. The van der Waals surface area contributed by atoms with Crippen molar-refractivity contribution in [1.82, 2.24) is 4.98 Å². The summed E-state index contributed by atoms with van der Waals surface area (Å²) in [7, 11) is 0. The number of alkyl halides is 1. The minimum atomic E-state index is 0.635. The first-order valence-corrected chi connectivity index (χ1v) is 6.75. The Kier molecular flexibility index (Phi) is 2.68. The van der Waals surface area contributed by atoms with E-state index in [0.717, 1.165) is 5.52 Å². The molecule has 0 bridgehead atoms. The molecule has 0 spiro atoms. The molecular formula is C14H14BrN. The molecule has 2 atom stereocenters. The predicted molar refractivity (Wildman–Crippen MR) is 71.1 cm³/mol. The number of fused-ring (bicyclic) bond motifs is 1. The van der Waals surface area contributed by atoms with E-state index in [1.54, 1.807) is 0 Å². The molecule has 3 rings (SSSR count). The van der Waals surface area contributed by atoms with Crippen LogP contribution in [-0.4, -0.2) is 9.81 Å². The van der Waals surface area contributed by atoms with Crippen LogP contribution in [0.1, 0.15) is 30.7 Å². The van der Waals surface area contributed by atoms with E-state index in [4.69, 9.17) is 0 Å². The van der Waals surface area contributed by atoms with Gasteiger partial charge < -0.3 is 0 Å². The zero-order valence-corrected chi connectivity index (χ0v) is 10.7. The lowest BCUT2D eigenvalue weighted by atomic mass is 9.98. The zero-order valence-electron chi connectivity index (χ0n) is 9.07. The van der Waals surface area contributed by atoms with E-state index in [0.29, 0.717) is 10.7 Å². The molecule has 0 N–H and O–H groups in total. The van der Waals surface area contributed by atoms with Crippen LogP contribution in [0.3, 0.4) is 0 Å². The van der Waals surface area contributed by atoms with Crippen LogP contribution < -0.4 is 0 Å². The molecule has 82 valence electrons. The fraction of sp³-hybridized carbons (Fsp3) is 0.357. The van der Waals surface area contributed by atoms with Crippen molar-refractivity contribution in [2.75, 3.05) is 0 Å². The summed E-state index contributed by atoms with van der Waals surface area (Å²) in [5, 5.41) is 1.26. The highest BCUT2D eigenvalue weighted by atomic mass is 79.9. The first-order chi connectivity index (χ1) is 7.84. The summed E-state index contributed by atoms with van der Waals surface area (Å²) in [6, 6.07) is 10.6. The van der Waals surface area contributed by atoms with Gasteiger partial charge in [-0.15, -0.1) is 0 Å². The fourth-order valence-electron chi connectivity index (χ4n) is 2.58. The van der Waals surface area contributed by atoms with Crippen molar-refractivity contribution in [1.29, 1.82) is 0 Å². The van der Waals surface area contributed by atoms with E-state index in [-0.39, 0.29) is 0 Å². The molecular weight excluding hydrogens is 262 g/mol. The standard InChI is InChI=1S/C14H14BrN/c15-13-6-3-5-12(13)11-8-10-4-1-2-7-14(10)16-9-11/h1-2,4,7-9,12-13H,3,5-6H2. The Morgan fingerprint density at radius 2 is 2.06 bits per heavy atom. The fourth-order valence-corrected chi connectivity index (χ4v) is 3.47. The lowest BCUT2D eigenvalue weighted by molar-refractivity contribution is 0.740. The maximum absolute atomic E-state index is 4.54. The Balaban J connectivity index is 2.04. The lowest BCUT2D eigenvalue weighted by Crippen LogP contribution is -2.04. The average Bonchev–Trinajstić information content (AvgIpc) is 2.75. The largest absolute Gasteiger partial charge is 0.256 e. The Bertz CT molecular complexity index is 509. The van der Waals surface area contributed by atoms with Gasteiger partial charge in [-0.05, 0) is 36.5 Å². The molecule has 1 heterocycles. The van der Waals surface area contributed by atoms with Gasteiger partial charge in [-0.1, -0.05) is 40.5 Å². The normalized spacial score (nSPS) is 25.1. The van der Waals surface area contributed by atoms with Crippen LogP contribution in [-0.2, 0) is 0 Å². The molecule has 0 saturated heterocycles. The van der Waals surface area contributed by atoms with Crippen LogP contribution in [0, 0.1) is 0 Å². The van der Waals surface area contributed by atoms with Gasteiger partial charge in [0.2, 0.25) is 0 Å². The van der Waals surface area contributed by atoms with Crippen molar-refractivity contribution in [3.8, 4) is 0 Å². The van der Waals surface area contributed by atoms with E-state index < -0.39 is 0 Å². The van der Waals surface area contributed by atoms with Crippen LogP contribution in [0.2, 0.25) is 0 Å². The lowest BCUT2D eigenvalue weighted by Gasteiger charge is -2.14. The van der Waals surface area contributed by atoms with Gasteiger partial charge in [-0.2, -0.15) is 0 Å². The van der Waals surface area contributed by atoms with E-state index in [1.807, 2.05) is 12.3 Å². The van der Waals surface area contributed by atoms with Crippen molar-refractivity contribution in [3.05, 3.63) is 42.1 Å². The molecule has 0 radical (unpaired) electrons. The highest BCUT2D eigenvalue weighted by molar-refractivity contribution is 9.09. The van der Waals surface area contributed by atoms with Gasteiger partial charge in [0.25, 0.3) is 0 Å². The second-order valence-corrected chi connectivity index (χ2v) is 5.69. The number of para-hydroxylation sites is 1. The number of rotatable bonds is 1. The highest BCUT2D eigenvalue weighted by Gasteiger charge is 2.26. The molecule has 1 saturated carbocycles. The summed E-state index contributed by atoms with van der Waals surface area (Å²) in [4.78, 5) is 5.17. The van der Waals surface area contributed by atoms with Gasteiger partial charge in [0.1, 0.15) is 0 Å². The first kappa shape index (κ1) is 10.3. The molecule has 0 amide bonds. The van der Waals surface area contributed by atoms with Gasteiger partial charge in [-0.3, -0.25) is 4.98 Å². The monoisotopic (exact) mass is 275 g/mol. The molecule has 1 aliphatic rings. The number of pyridine rings is 1. The minimum absolute atomic E-state index is 0.635. The molecule has 1 aliphatic carbocycles. The van der Waals surface area contributed by atoms with Crippen molar-refractivity contribution in [2.45, 2.75) is 30.0 Å². The molecule has 2 aromatic rings. The van der Waals surface area contributed by atoms with E-state index in [1.165, 1.54) is 30.2 Å². The van der Waals surface area contributed by atoms with Crippen LogP contribution in [0.25, 0.3) is 10.9 Å². The summed E-state index contributed by atoms with van der Waals surface area (Å²) in [5.41, 5.74) is 2.48. The molecule has 2 unspecified atom stereocenters. The van der Waals surface area contributed by atoms with E-state index in [2.05, 4.69) is 45.2 Å². The van der Waals surface area contributed by atoms with Crippen molar-refractivity contribution < 1.29 is 0 Å². The number of benzene rings is 1. The SMILES string of the molecule is BrC1CCCC1c1cnc2ccccc2c1. The highest BCUT2D eigenvalue weighted by Crippen LogP contribution is 2.39. The Labute approximate surface area is 104 Å². The molecule has 16 heavy (non-hydrogen) atoms. The number of hydrogen-bond acceptors (Lipinski definition) is 1. The van der Waals surface area contributed by atoms with Gasteiger partial charge in [-0.25, -0.2) is 0 Å². The van der Waals surface area contributed by atoms with Crippen molar-refractivity contribution in [3.63, 3.8) is 0 Å².